The number of nitrogens with zero attached hydrogens (tertiary/aromatic N) is 1. The van der Waals surface area contributed by atoms with Gasteiger partial charge in [0.15, 0.2) is 22.7 Å². The number of carbonyl (C=O) groups is 1. The van der Waals surface area contributed by atoms with Crippen LogP contribution in [0, 0.1) is 18.6 Å². The van der Waals surface area contributed by atoms with Gasteiger partial charge in [-0.15, -0.1) is 0 Å². The number of nitrogens with one attached hydrogen (secondary N) is 1. The summed E-state index contributed by atoms with van der Waals surface area (Å²) < 4.78 is 33.5. The lowest BCUT2D eigenvalue weighted by atomic mass is 10.1. The number of aromatic nitrogens is 1. The largest absolute Gasteiger partial charge is 0.481 e. The summed E-state index contributed by atoms with van der Waals surface area (Å²) in [7, 11) is 0. The Bertz CT molecular complexity index is 906. The molecule has 0 bridgehead atoms. The normalized spacial score (nSPS) is 10.9. The predicted molar refractivity (Wildman–Crippen MR) is 79.7 cm³/mol. The summed E-state index contributed by atoms with van der Waals surface area (Å²) >= 11 is 0. The Balaban J connectivity index is 2.05. The van der Waals surface area contributed by atoms with E-state index in [4.69, 9.17) is 9.52 Å². The van der Waals surface area contributed by atoms with Gasteiger partial charge in [0.2, 0.25) is 0 Å². The topological polar surface area (TPSA) is 75.4 Å². The maximum Gasteiger partial charge on any atom is 0.307 e. The summed E-state index contributed by atoms with van der Waals surface area (Å²) in [6.07, 6.45) is -0.639. The van der Waals surface area contributed by atoms with Crippen molar-refractivity contribution in [3.63, 3.8) is 0 Å². The van der Waals surface area contributed by atoms with E-state index >= 15 is 0 Å². The second kappa shape index (κ2) is 5.68. The molecule has 0 unspecified atom stereocenters. The van der Waals surface area contributed by atoms with E-state index in [1.807, 2.05) is 19.1 Å². The molecule has 0 amide bonds. The third-order valence-electron chi connectivity index (χ3n) is 3.36. The molecule has 2 N–H and O–H groups in total. The van der Waals surface area contributed by atoms with Crippen LogP contribution in [0.2, 0.25) is 0 Å². The first-order chi connectivity index (χ1) is 11.0. The van der Waals surface area contributed by atoms with Crippen molar-refractivity contribution in [2.45, 2.75) is 13.3 Å². The Morgan fingerprint density at radius 3 is 2.78 bits per heavy atom. The number of carboxylic acid groups (broad SMARTS) is 1. The molecule has 0 aliphatic carbocycles. The highest BCUT2D eigenvalue weighted by atomic mass is 19.1. The van der Waals surface area contributed by atoms with Gasteiger partial charge >= 0.3 is 5.97 Å². The summed E-state index contributed by atoms with van der Waals surface area (Å²) in [6.45, 7) is 1.86. The second-order valence-corrected chi connectivity index (χ2v) is 5.04. The van der Waals surface area contributed by atoms with E-state index in [1.54, 1.807) is 12.1 Å². The predicted octanol–water partition coefficient (Wildman–Crippen LogP) is 3.79. The fourth-order valence-electron chi connectivity index (χ4n) is 2.23. The van der Waals surface area contributed by atoms with Crippen LogP contribution in [0.1, 0.15) is 11.1 Å². The van der Waals surface area contributed by atoms with Gasteiger partial charge in [-0.1, -0.05) is 18.2 Å². The number of rotatable bonds is 4. The van der Waals surface area contributed by atoms with Crippen molar-refractivity contribution in [2.75, 3.05) is 5.32 Å². The molecule has 0 spiro atoms. The number of fused-ring (bicyclic) bond motifs is 1. The maximum absolute atomic E-state index is 14.2. The highest BCUT2D eigenvalue weighted by Crippen LogP contribution is 2.29. The Hall–Kier alpha value is -2.96. The minimum Gasteiger partial charge on any atom is -0.481 e. The minimum atomic E-state index is -1.26. The lowest BCUT2D eigenvalue weighted by molar-refractivity contribution is -0.136. The van der Waals surface area contributed by atoms with E-state index in [0.717, 1.165) is 11.6 Å². The number of benzene rings is 2. The fraction of sp³-hybridized carbons (Fsp3) is 0.125. The van der Waals surface area contributed by atoms with Crippen LogP contribution in [0.15, 0.2) is 34.7 Å². The molecule has 118 valence electrons. The Morgan fingerprint density at radius 1 is 1.35 bits per heavy atom. The SMILES string of the molecule is Cc1ccccc1Nc1nc2c(F)cc(CC(=O)O)c(F)c2o1. The van der Waals surface area contributed by atoms with Crippen molar-refractivity contribution in [1.82, 2.24) is 4.98 Å². The first-order valence-corrected chi connectivity index (χ1v) is 6.77. The minimum absolute atomic E-state index is 0.0698. The number of hydrogen-bond donors (Lipinski definition) is 2. The van der Waals surface area contributed by atoms with Crippen LogP contribution < -0.4 is 5.32 Å². The van der Waals surface area contributed by atoms with Crippen LogP contribution in [-0.4, -0.2) is 16.1 Å². The number of aryl methyl sites for hydroxylation is 1. The van der Waals surface area contributed by atoms with Crippen molar-refractivity contribution in [3.05, 3.63) is 53.1 Å². The van der Waals surface area contributed by atoms with Crippen molar-refractivity contribution in [3.8, 4) is 0 Å². The van der Waals surface area contributed by atoms with Crippen LogP contribution >= 0.6 is 0 Å². The van der Waals surface area contributed by atoms with E-state index < -0.39 is 29.6 Å². The number of oxazole rings is 1. The molecule has 3 aromatic rings. The van der Waals surface area contributed by atoms with Gasteiger partial charge in [-0.3, -0.25) is 4.79 Å². The van der Waals surface area contributed by atoms with Crippen molar-refractivity contribution in [2.24, 2.45) is 0 Å². The maximum atomic E-state index is 14.2. The third kappa shape index (κ3) is 2.85. The van der Waals surface area contributed by atoms with Gasteiger partial charge in [0.25, 0.3) is 6.01 Å². The van der Waals surface area contributed by atoms with Gasteiger partial charge < -0.3 is 14.8 Å². The number of aliphatic carboxylic acids is 1. The van der Waals surface area contributed by atoms with Crippen molar-refractivity contribution < 1.29 is 23.1 Å². The Kier molecular flexibility index (Phi) is 3.69. The average Bonchev–Trinajstić information content (AvgIpc) is 2.91. The van der Waals surface area contributed by atoms with Crippen molar-refractivity contribution in [1.29, 1.82) is 0 Å². The highest BCUT2D eigenvalue weighted by molar-refractivity contribution is 5.80. The van der Waals surface area contributed by atoms with Crippen LogP contribution in [-0.2, 0) is 11.2 Å². The van der Waals surface area contributed by atoms with Crippen LogP contribution in [0.25, 0.3) is 11.1 Å². The van der Waals surface area contributed by atoms with E-state index in [2.05, 4.69) is 10.3 Å². The van der Waals surface area contributed by atoms with Gasteiger partial charge in [0.1, 0.15) is 0 Å². The second-order valence-electron chi connectivity index (χ2n) is 5.04. The molecule has 0 atom stereocenters. The number of hydrogen-bond acceptors (Lipinski definition) is 4. The summed E-state index contributed by atoms with van der Waals surface area (Å²) in [5.74, 6) is -3.02. The van der Waals surface area contributed by atoms with E-state index in [1.165, 1.54) is 0 Å². The molecule has 0 aliphatic rings. The van der Waals surface area contributed by atoms with Gasteiger partial charge in [-0.05, 0) is 24.6 Å². The zero-order valence-electron chi connectivity index (χ0n) is 12.1. The van der Waals surface area contributed by atoms with Crippen LogP contribution in [0.5, 0.6) is 0 Å². The summed E-state index contributed by atoms with van der Waals surface area (Å²) in [6, 6.07) is 8.03. The monoisotopic (exact) mass is 318 g/mol. The molecular formula is C16H12F2N2O3. The smallest absolute Gasteiger partial charge is 0.307 e. The number of anilines is 2. The molecule has 0 aliphatic heterocycles. The van der Waals surface area contributed by atoms with Gasteiger partial charge in [-0.2, -0.15) is 4.98 Å². The van der Waals surface area contributed by atoms with E-state index in [-0.39, 0.29) is 17.1 Å². The van der Waals surface area contributed by atoms with E-state index in [0.29, 0.717) is 5.69 Å². The summed E-state index contributed by atoms with van der Waals surface area (Å²) in [5, 5.41) is 11.6. The highest BCUT2D eigenvalue weighted by Gasteiger charge is 2.20. The molecule has 2 aromatic carbocycles. The molecule has 1 aromatic heterocycles. The quantitative estimate of drug-likeness (QED) is 0.765. The average molecular weight is 318 g/mol. The lowest BCUT2D eigenvalue weighted by Crippen LogP contribution is -2.03. The summed E-state index contributed by atoms with van der Waals surface area (Å²) in [5.41, 5.74) is 0.610. The molecule has 0 saturated carbocycles. The first kappa shape index (κ1) is 15.0. The molecular weight excluding hydrogens is 306 g/mol. The molecule has 23 heavy (non-hydrogen) atoms. The molecule has 7 heteroatoms. The van der Waals surface area contributed by atoms with Crippen LogP contribution in [0.3, 0.4) is 0 Å². The van der Waals surface area contributed by atoms with E-state index in [9.17, 15) is 13.6 Å². The fourth-order valence-corrected chi connectivity index (χ4v) is 2.23. The lowest BCUT2D eigenvalue weighted by Gasteiger charge is -2.04. The van der Waals surface area contributed by atoms with Gasteiger partial charge in [-0.25, -0.2) is 8.78 Å². The van der Waals surface area contributed by atoms with Crippen LogP contribution in [0.4, 0.5) is 20.5 Å². The standard InChI is InChI=1S/C16H12F2N2O3/c1-8-4-2-3-5-11(8)19-16-20-14-10(17)6-9(7-12(21)22)13(18)15(14)23-16/h2-6H,7H2,1H3,(H,19,20)(H,21,22). The zero-order chi connectivity index (χ0) is 16.6. The van der Waals surface area contributed by atoms with Crippen molar-refractivity contribution >= 4 is 28.8 Å². The molecule has 0 saturated heterocycles. The number of para-hydroxylation sites is 1. The number of carboxylic acids is 1. The molecule has 5 nitrogen and oxygen atoms in total. The Labute approximate surface area is 129 Å². The molecule has 3 rings (SSSR count). The number of halogens is 2. The van der Waals surface area contributed by atoms with Gasteiger partial charge in [0.05, 0.1) is 6.42 Å². The molecule has 0 fully saturated rings. The third-order valence-corrected chi connectivity index (χ3v) is 3.36. The summed E-state index contributed by atoms with van der Waals surface area (Å²) in [4.78, 5) is 14.6. The van der Waals surface area contributed by atoms with Gasteiger partial charge in [0, 0.05) is 11.3 Å². The molecule has 0 radical (unpaired) electrons. The first-order valence-electron chi connectivity index (χ1n) is 6.77. The zero-order valence-corrected chi connectivity index (χ0v) is 12.1. The Morgan fingerprint density at radius 2 is 2.09 bits per heavy atom. The molecule has 1 heterocycles.